The molecule has 1 spiro atoms. The molecule has 2 fully saturated rings. The van der Waals surface area contributed by atoms with E-state index in [4.69, 9.17) is 10.5 Å². The number of carbonyl (C=O) groups excluding carboxylic acids is 1. The molecule has 2 saturated heterocycles. The number of hydrogen-bond acceptors (Lipinski definition) is 6. The van der Waals surface area contributed by atoms with E-state index in [0.29, 0.717) is 18.2 Å². The lowest BCUT2D eigenvalue weighted by molar-refractivity contribution is -0.138. The minimum atomic E-state index is 0.212. The quantitative estimate of drug-likeness (QED) is 0.837. The number of nitrogens with zero attached hydrogens (tertiary/aromatic N) is 4. The summed E-state index contributed by atoms with van der Waals surface area (Å²) in [5, 5.41) is 0. The molecule has 154 valence electrons. The van der Waals surface area contributed by atoms with Gasteiger partial charge in [-0.3, -0.25) is 4.79 Å². The average Bonchev–Trinajstić information content (AvgIpc) is 2.75. The normalized spacial score (nSPS) is 18.9. The van der Waals surface area contributed by atoms with Crippen molar-refractivity contribution in [3.05, 3.63) is 42.0 Å². The van der Waals surface area contributed by atoms with E-state index in [1.54, 1.807) is 7.11 Å². The Morgan fingerprint density at radius 3 is 2.62 bits per heavy atom. The Morgan fingerprint density at radius 2 is 1.90 bits per heavy atom. The molecule has 1 aromatic carbocycles. The number of nitrogen functional groups attached to an aromatic ring is 1. The van der Waals surface area contributed by atoms with Crippen LogP contribution in [0.5, 0.6) is 5.88 Å². The molecular weight excluding hydrogens is 366 g/mol. The van der Waals surface area contributed by atoms with Crippen molar-refractivity contribution in [1.29, 1.82) is 0 Å². The Hall–Kier alpha value is -2.83. The molecule has 7 heteroatoms. The monoisotopic (exact) mass is 395 g/mol. The topological polar surface area (TPSA) is 84.6 Å². The molecule has 1 aromatic heterocycles. The van der Waals surface area contributed by atoms with Gasteiger partial charge in [-0.25, -0.2) is 0 Å². The fourth-order valence-electron chi connectivity index (χ4n) is 4.53. The molecule has 1 amide bonds. The predicted molar refractivity (Wildman–Crippen MR) is 113 cm³/mol. The zero-order chi connectivity index (χ0) is 20.3. The molecule has 29 heavy (non-hydrogen) atoms. The Labute approximate surface area is 171 Å². The van der Waals surface area contributed by atoms with Crippen molar-refractivity contribution >= 4 is 17.7 Å². The number of hydrogen-bond donors (Lipinski definition) is 1. The molecular formula is C22H29N5O2. The van der Waals surface area contributed by atoms with Crippen LogP contribution in [0, 0.1) is 5.41 Å². The largest absolute Gasteiger partial charge is 0.481 e. The van der Waals surface area contributed by atoms with Crippen LogP contribution in [0.4, 0.5) is 11.8 Å². The maximum absolute atomic E-state index is 12.5. The highest BCUT2D eigenvalue weighted by Crippen LogP contribution is 2.41. The van der Waals surface area contributed by atoms with Crippen LogP contribution >= 0.6 is 0 Å². The summed E-state index contributed by atoms with van der Waals surface area (Å²) in [6, 6.07) is 12.2. The van der Waals surface area contributed by atoms with Crippen LogP contribution in [0.2, 0.25) is 0 Å². The second-order valence-corrected chi connectivity index (χ2v) is 8.16. The molecule has 7 nitrogen and oxygen atoms in total. The predicted octanol–water partition coefficient (Wildman–Crippen LogP) is 2.52. The third kappa shape index (κ3) is 4.44. The average molecular weight is 396 g/mol. The first-order valence-corrected chi connectivity index (χ1v) is 10.3. The lowest BCUT2D eigenvalue weighted by atomic mass is 9.72. The fourth-order valence-corrected chi connectivity index (χ4v) is 4.53. The van der Waals surface area contributed by atoms with Crippen LogP contribution in [-0.4, -0.2) is 54.1 Å². The van der Waals surface area contributed by atoms with Crippen molar-refractivity contribution in [1.82, 2.24) is 14.9 Å². The van der Waals surface area contributed by atoms with Crippen LogP contribution in [0.15, 0.2) is 36.4 Å². The Kier molecular flexibility index (Phi) is 5.56. The van der Waals surface area contributed by atoms with Gasteiger partial charge in [0.1, 0.15) is 5.82 Å². The number of rotatable bonds is 5. The summed E-state index contributed by atoms with van der Waals surface area (Å²) in [5.74, 6) is 1.83. The number of piperidine rings is 2. The fraction of sp³-hybridized carbons (Fsp3) is 0.500. The van der Waals surface area contributed by atoms with Gasteiger partial charge in [-0.05, 0) is 36.7 Å². The summed E-state index contributed by atoms with van der Waals surface area (Å²) in [6.45, 7) is 3.47. The highest BCUT2D eigenvalue weighted by molar-refractivity contribution is 5.77. The summed E-state index contributed by atoms with van der Waals surface area (Å²) in [4.78, 5) is 25.3. The Balaban J connectivity index is 1.38. The van der Waals surface area contributed by atoms with E-state index in [9.17, 15) is 4.79 Å². The summed E-state index contributed by atoms with van der Waals surface area (Å²) < 4.78 is 5.22. The van der Waals surface area contributed by atoms with Gasteiger partial charge in [0.05, 0.1) is 7.11 Å². The summed E-state index contributed by atoms with van der Waals surface area (Å²) >= 11 is 0. The van der Waals surface area contributed by atoms with Crippen molar-refractivity contribution < 1.29 is 9.53 Å². The highest BCUT2D eigenvalue weighted by atomic mass is 16.5. The molecule has 4 rings (SSSR count). The van der Waals surface area contributed by atoms with Gasteiger partial charge in [-0.15, -0.1) is 0 Å². The van der Waals surface area contributed by atoms with E-state index in [2.05, 4.69) is 44.0 Å². The van der Waals surface area contributed by atoms with Crippen LogP contribution in [0.1, 0.15) is 31.2 Å². The second kappa shape index (κ2) is 8.27. The molecule has 2 aliphatic heterocycles. The third-order valence-corrected chi connectivity index (χ3v) is 6.33. The number of amides is 1. The number of anilines is 2. The number of carbonyl (C=O) groups is 1. The molecule has 3 heterocycles. The lowest BCUT2D eigenvalue weighted by Gasteiger charge is -2.47. The van der Waals surface area contributed by atoms with Gasteiger partial charge in [-0.1, -0.05) is 30.3 Å². The molecule has 2 N–H and O–H groups in total. The second-order valence-electron chi connectivity index (χ2n) is 8.16. The van der Waals surface area contributed by atoms with E-state index in [0.717, 1.165) is 57.7 Å². The number of ether oxygens (including phenoxy) is 1. The van der Waals surface area contributed by atoms with Crippen LogP contribution in [0.3, 0.4) is 0 Å². The van der Waals surface area contributed by atoms with Crippen molar-refractivity contribution in [2.45, 2.75) is 32.1 Å². The van der Waals surface area contributed by atoms with Gasteiger partial charge in [0.15, 0.2) is 0 Å². The van der Waals surface area contributed by atoms with Crippen LogP contribution in [0.25, 0.3) is 0 Å². The Bertz CT molecular complexity index is 850. The standard InChI is InChI=1S/C22H29N5O2/c1-29-19-15-18(24-21(23)25-19)26-13-10-22(11-14-26)9-7-20(28)27(16-22)12-8-17-5-3-2-4-6-17/h2-6,15H,7-14,16H2,1H3,(H2,23,24,25). The first-order valence-electron chi connectivity index (χ1n) is 10.3. The zero-order valence-electron chi connectivity index (χ0n) is 17.0. The minimum Gasteiger partial charge on any atom is -0.481 e. The number of likely N-dealkylation sites (tertiary alicyclic amines) is 1. The summed E-state index contributed by atoms with van der Waals surface area (Å²) in [6.07, 6.45) is 4.65. The first kappa shape index (κ1) is 19.5. The van der Waals surface area contributed by atoms with Gasteiger partial charge in [0.2, 0.25) is 17.7 Å². The molecule has 0 bridgehead atoms. The minimum absolute atomic E-state index is 0.212. The maximum atomic E-state index is 12.5. The van der Waals surface area contributed by atoms with Crippen molar-refractivity contribution in [3.8, 4) is 5.88 Å². The number of methoxy groups -OCH3 is 1. The van der Waals surface area contributed by atoms with E-state index in [1.807, 2.05) is 12.1 Å². The van der Waals surface area contributed by atoms with Crippen LogP contribution in [-0.2, 0) is 11.2 Å². The maximum Gasteiger partial charge on any atom is 0.225 e. The number of aromatic nitrogens is 2. The van der Waals surface area contributed by atoms with Crippen molar-refractivity contribution in [2.75, 3.05) is 43.9 Å². The van der Waals surface area contributed by atoms with Gasteiger partial charge in [0.25, 0.3) is 0 Å². The summed E-state index contributed by atoms with van der Waals surface area (Å²) in [5.41, 5.74) is 7.31. The van der Waals surface area contributed by atoms with E-state index in [1.165, 1.54) is 5.56 Å². The molecule has 0 atom stereocenters. The molecule has 2 aliphatic rings. The third-order valence-electron chi connectivity index (χ3n) is 6.33. The first-order chi connectivity index (χ1) is 14.1. The van der Waals surface area contributed by atoms with E-state index >= 15 is 0 Å². The van der Waals surface area contributed by atoms with Gasteiger partial charge >= 0.3 is 0 Å². The van der Waals surface area contributed by atoms with E-state index < -0.39 is 0 Å². The summed E-state index contributed by atoms with van der Waals surface area (Å²) in [7, 11) is 1.58. The number of benzene rings is 1. The highest BCUT2D eigenvalue weighted by Gasteiger charge is 2.41. The molecule has 0 saturated carbocycles. The van der Waals surface area contributed by atoms with Crippen molar-refractivity contribution in [2.24, 2.45) is 5.41 Å². The van der Waals surface area contributed by atoms with Gasteiger partial charge in [0, 0.05) is 38.7 Å². The van der Waals surface area contributed by atoms with Crippen molar-refractivity contribution in [3.63, 3.8) is 0 Å². The smallest absolute Gasteiger partial charge is 0.225 e. The Morgan fingerprint density at radius 1 is 1.14 bits per heavy atom. The molecule has 2 aromatic rings. The molecule has 0 radical (unpaired) electrons. The lowest BCUT2D eigenvalue weighted by Crippen LogP contribution is -2.52. The molecule has 0 aliphatic carbocycles. The van der Waals surface area contributed by atoms with E-state index in [-0.39, 0.29) is 11.4 Å². The van der Waals surface area contributed by atoms with Crippen LogP contribution < -0.4 is 15.4 Å². The molecule has 0 unspecified atom stereocenters. The number of nitrogens with two attached hydrogens (primary N) is 1. The SMILES string of the molecule is COc1cc(N2CCC3(CCC(=O)N(CCc4ccccc4)C3)CC2)nc(N)n1. The van der Waals surface area contributed by atoms with Gasteiger partial charge < -0.3 is 20.3 Å². The zero-order valence-corrected chi connectivity index (χ0v) is 17.0. The van der Waals surface area contributed by atoms with Gasteiger partial charge in [-0.2, -0.15) is 9.97 Å².